The van der Waals surface area contributed by atoms with Crippen LogP contribution in [0.2, 0.25) is 0 Å². The Balaban J connectivity index is 1.52. The lowest BCUT2D eigenvalue weighted by Crippen LogP contribution is -2.43. The first kappa shape index (κ1) is 18.0. The van der Waals surface area contributed by atoms with Crippen molar-refractivity contribution in [3.8, 4) is 0 Å². The zero-order valence-electron chi connectivity index (χ0n) is 14.8. The van der Waals surface area contributed by atoms with Crippen LogP contribution in [0.5, 0.6) is 0 Å². The SMILES string of the molecule is CCn1ccc(C(=O)N2CCC(C(=O)NCc3ccco3)CC2)cc1=O. The van der Waals surface area contributed by atoms with Crippen molar-refractivity contribution in [1.82, 2.24) is 14.8 Å². The first-order valence-electron chi connectivity index (χ1n) is 8.88. The van der Waals surface area contributed by atoms with Gasteiger partial charge in [0.05, 0.1) is 12.8 Å². The third kappa shape index (κ3) is 4.04. The van der Waals surface area contributed by atoms with E-state index in [0.29, 0.717) is 50.3 Å². The summed E-state index contributed by atoms with van der Waals surface area (Å²) >= 11 is 0. The second kappa shape index (κ2) is 8.03. The van der Waals surface area contributed by atoms with Gasteiger partial charge in [0, 0.05) is 43.4 Å². The van der Waals surface area contributed by atoms with Gasteiger partial charge in [-0.25, -0.2) is 0 Å². The molecule has 138 valence electrons. The molecular weight excluding hydrogens is 334 g/mol. The standard InChI is InChI=1S/C19H23N3O4/c1-2-21-8-7-15(12-17(21)23)19(25)22-9-5-14(6-10-22)18(24)20-13-16-4-3-11-26-16/h3-4,7-8,11-12,14H,2,5-6,9-10,13H2,1H3,(H,20,24). The number of aryl methyl sites for hydroxylation is 1. The minimum atomic E-state index is -0.175. The number of aromatic nitrogens is 1. The van der Waals surface area contributed by atoms with E-state index in [-0.39, 0.29) is 23.3 Å². The molecule has 1 fully saturated rings. The molecule has 0 aliphatic carbocycles. The van der Waals surface area contributed by atoms with E-state index in [2.05, 4.69) is 5.32 Å². The Morgan fingerprint density at radius 3 is 2.65 bits per heavy atom. The number of piperidine rings is 1. The zero-order valence-corrected chi connectivity index (χ0v) is 14.8. The highest BCUT2D eigenvalue weighted by molar-refractivity contribution is 5.94. The highest BCUT2D eigenvalue weighted by Gasteiger charge is 2.28. The van der Waals surface area contributed by atoms with Gasteiger partial charge in [-0.15, -0.1) is 0 Å². The van der Waals surface area contributed by atoms with Crippen LogP contribution in [0.1, 0.15) is 35.9 Å². The molecule has 0 radical (unpaired) electrons. The van der Waals surface area contributed by atoms with E-state index < -0.39 is 0 Å². The number of rotatable bonds is 5. The minimum absolute atomic E-state index is 0.0148. The monoisotopic (exact) mass is 357 g/mol. The summed E-state index contributed by atoms with van der Waals surface area (Å²) in [5.41, 5.74) is 0.228. The number of hydrogen-bond donors (Lipinski definition) is 1. The Morgan fingerprint density at radius 2 is 2.04 bits per heavy atom. The van der Waals surface area contributed by atoms with Gasteiger partial charge in [-0.3, -0.25) is 14.4 Å². The molecule has 2 aromatic rings. The van der Waals surface area contributed by atoms with Crippen LogP contribution < -0.4 is 10.9 Å². The van der Waals surface area contributed by atoms with Crippen LogP contribution in [0.4, 0.5) is 0 Å². The topological polar surface area (TPSA) is 84.6 Å². The van der Waals surface area contributed by atoms with Crippen LogP contribution in [-0.4, -0.2) is 34.4 Å². The molecule has 0 spiro atoms. The number of nitrogens with one attached hydrogen (secondary N) is 1. The lowest BCUT2D eigenvalue weighted by atomic mass is 9.95. The summed E-state index contributed by atoms with van der Waals surface area (Å²) in [6.45, 7) is 3.85. The van der Waals surface area contributed by atoms with Gasteiger partial charge in [0.1, 0.15) is 5.76 Å². The average Bonchev–Trinajstić information content (AvgIpc) is 3.19. The van der Waals surface area contributed by atoms with Crippen molar-refractivity contribution in [2.45, 2.75) is 32.9 Å². The van der Waals surface area contributed by atoms with Gasteiger partial charge in [-0.2, -0.15) is 0 Å². The first-order chi connectivity index (χ1) is 12.6. The Hall–Kier alpha value is -2.83. The van der Waals surface area contributed by atoms with Crippen LogP contribution in [-0.2, 0) is 17.9 Å². The number of nitrogens with zero attached hydrogens (tertiary/aromatic N) is 2. The number of carbonyl (C=O) groups excluding carboxylic acids is 2. The molecule has 0 bridgehead atoms. The van der Waals surface area contributed by atoms with Gasteiger partial charge in [0.15, 0.2) is 0 Å². The fourth-order valence-corrected chi connectivity index (χ4v) is 3.16. The smallest absolute Gasteiger partial charge is 0.254 e. The summed E-state index contributed by atoms with van der Waals surface area (Å²) in [6, 6.07) is 6.65. The van der Waals surface area contributed by atoms with Crippen LogP contribution in [0.25, 0.3) is 0 Å². The molecule has 7 heteroatoms. The predicted molar refractivity (Wildman–Crippen MR) is 95.6 cm³/mol. The molecule has 0 unspecified atom stereocenters. The van der Waals surface area contributed by atoms with E-state index in [1.807, 2.05) is 13.0 Å². The molecule has 1 aliphatic rings. The van der Waals surface area contributed by atoms with Gasteiger partial charge < -0.3 is 19.2 Å². The van der Waals surface area contributed by atoms with Crippen molar-refractivity contribution in [2.75, 3.05) is 13.1 Å². The summed E-state index contributed by atoms with van der Waals surface area (Å²) in [6.07, 6.45) is 4.44. The van der Waals surface area contributed by atoms with E-state index in [0.717, 1.165) is 0 Å². The molecule has 7 nitrogen and oxygen atoms in total. The summed E-state index contributed by atoms with van der Waals surface area (Å²) < 4.78 is 6.75. The van der Waals surface area contributed by atoms with Crippen molar-refractivity contribution in [3.05, 3.63) is 58.4 Å². The molecule has 26 heavy (non-hydrogen) atoms. The van der Waals surface area contributed by atoms with Gasteiger partial charge >= 0.3 is 0 Å². The van der Waals surface area contributed by atoms with E-state index in [4.69, 9.17) is 4.42 Å². The number of pyridine rings is 1. The fraction of sp³-hybridized carbons (Fsp3) is 0.421. The molecule has 0 aromatic carbocycles. The maximum atomic E-state index is 12.6. The van der Waals surface area contributed by atoms with Crippen molar-refractivity contribution in [1.29, 1.82) is 0 Å². The Bertz CT molecular complexity index is 818. The summed E-state index contributed by atoms with van der Waals surface area (Å²) in [4.78, 5) is 38.4. The maximum absolute atomic E-state index is 12.6. The Labute approximate surface area is 151 Å². The maximum Gasteiger partial charge on any atom is 0.254 e. The zero-order chi connectivity index (χ0) is 18.5. The van der Waals surface area contributed by atoms with E-state index in [9.17, 15) is 14.4 Å². The Kier molecular flexibility index (Phi) is 5.55. The molecule has 2 amide bonds. The molecule has 1 saturated heterocycles. The van der Waals surface area contributed by atoms with Gasteiger partial charge in [0.25, 0.3) is 11.5 Å². The van der Waals surface area contributed by atoms with E-state index in [1.165, 1.54) is 6.07 Å². The van der Waals surface area contributed by atoms with Crippen LogP contribution in [0.15, 0.2) is 45.9 Å². The molecular formula is C19H23N3O4. The molecule has 3 heterocycles. The molecule has 2 aromatic heterocycles. The fourth-order valence-electron chi connectivity index (χ4n) is 3.16. The lowest BCUT2D eigenvalue weighted by molar-refractivity contribution is -0.126. The lowest BCUT2D eigenvalue weighted by Gasteiger charge is -2.31. The van der Waals surface area contributed by atoms with Crippen molar-refractivity contribution >= 4 is 11.8 Å². The summed E-state index contributed by atoms with van der Waals surface area (Å²) in [5, 5.41) is 2.87. The molecule has 3 rings (SSSR count). The van der Waals surface area contributed by atoms with Crippen molar-refractivity contribution in [3.63, 3.8) is 0 Å². The molecule has 1 aliphatic heterocycles. The second-order valence-electron chi connectivity index (χ2n) is 6.40. The molecule has 1 N–H and O–H groups in total. The summed E-state index contributed by atoms with van der Waals surface area (Å²) in [5.74, 6) is 0.439. The van der Waals surface area contributed by atoms with Gasteiger partial charge in [-0.1, -0.05) is 0 Å². The first-order valence-corrected chi connectivity index (χ1v) is 8.88. The highest BCUT2D eigenvalue weighted by Crippen LogP contribution is 2.19. The minimum Gasteiger partial charge on any atom is -0.467 e. The third-order valence-corrected chi connectivity index (χ3v) is 4.75. The van der Waals surface area contributed by atoms with E-state index >= 15 is 0 Å². The van der Waals surface area contributed by atoms with E-state index in [1.54, 1.807) is 34.1 Å². The number of likely N-dealkylation sites (tertiary alicyclic amines) is 1. The molecule has 0 saturated carbocycles. The van der Waals surface area contributed by atoms with Crippen molar-refractivity contribution < 1.29 is 14.0 Å². The number of hydrogen-bond acceptors (Lipinski definition) is 4. The van der Waals surface area contributed by atoms with Crippen LogP contribution >= 0.6 is 0 Å². The van der Waals surface area contributed by atoms with Crippen molar-refractivity contribution in [2.24, 2.45) is 5.92 Å². The average molecular weight is 357 g/mol. The highest BCUT2D eigenvalue weighted by atomic mass is 16.3. The summed E-state index contributed by atoms with van der Waals surface area (Å²) in [7, 11) is 0. The largest absolute Gasteiger partial charge is 0.467 e. The normalized spacial score (nSPS) is 15.0. The van der Waals surface area contributed by atoms with Crippen LogP contribution in [0, 0.1) is 5.92 Å². The van der Waals surface area contributed by atoms with Gasteiger partial charge in [0.2, 0.25) is 5.91 Å². The predicted octanol–water partition coefficient (Wildman–Crippen LogP) is 1.63. The molecule has 0 atom stereocenters. The number of carbonyl (C=O) groups is 2. The van der Waals surface area contributed by atoms with Crippen LogP contribution in [0.3, 0.4) is 0 Å². The Morgan fingerprint density at radius 1 is 1.27 bits per heavy atom. The van der Waals surface area contributed by atoms with Gasteiger partial charge in [-0.05, 0) is 38.0 Å². The quantitative estimate of drug-likeness (QED) is 0.881. The number of furan rings is 1. The second-order valence-corrected chi connectivity index (χ2v) is 6.40. The third-order valence-electron chi connectivity index (χ3n) is 4.75. The number of amides is 2.